The summed E-state index contributed by atoms with van der Waals surface area (Å²) >= 11 is 6.27. The van der Waals surface area contributed by atoms with Gasteiger partial charge in [-0.2, -0.15) is 0 Å². The highest BCUT2D eigenvalue weighted by molar-refractivity contribution is 6.31. The Balaban J connectivity index is 2.06. The Bertz CT molecular complexity index is 430. The maximum Gasteiger partial charge on any atom is 0.129 e. The molecular formula is C16H26ClN3. The average molecular weight is 296 g/mol. The van der Waals surface area contributed by atoms with Crippen LogP contribution < -0.4 is 10.2 Å². The first-order valence-corrected chi connectivity index (χ1v) is 8.12. The zero-order chi connectivity index (χ0) is 14.5. The van der Waals surface area contributed by atoms with Crippen molar-refractivity contribution in [2.24, 2.45) is 5.92 Å². The number of hydrogen-bond acceptors (Lipinski definition) is 3. The number of hydrogen-bond donors (Lipinski definition) is 1. The summed E-state index contributed by atoms with van der Waals surface area (Å²) in [6.45, 7) is 9.44. The second-order valence-electron chi connectivity index (χ2n) is 6.05. The third kappa shape index (κ3) is 4.35. The molecule has 0 atom stereocenters. The summed E-state index contributed by atoms with van der Waals surface area (Å²) in [5.41, 5.74) is 0.964. The number of nitrogens with one attached hydrogen (secondary N) is 1. The molecule has 0 aliphatic heterocycles. The van der Waals surface area contributed by atoms with E-state index in [0.717, 1.165) is 42.6 Å². The minimum absolute atomic E-state index is 0.639. The summed E-state index contributed by atoms with van der Waals surface area (Å²) in [4.78, 5) is 7.21. The fourth-order valence-corrected chi connectivity index (χ4v) is 2.52. The highest BCUT2D eigenvalue weighted by Gasteiger charge is 2.29. The van der Waals surface area contributed by atoms with Gasteiger partial charge in [-0.15, -0.1) is 0 Å². The summed E-state index contributed by atoms with van der Waals surface area (Å²) < 4.78 is 0. The summed E-state index contributed by atoms with van der Waals surface area (Å²) in [6, 6.07) is 4.74. The average Bonchev–Trinajstić information content (AvgIpc) is 3.22. The van der Waals surface area contributed by atoms with Gasteiger partial charge in [-0.05, 0) is 43.9 Å². The molecule has 0 spiro atoms. The molecule has 112 valence electrons. The quantitative estimate of drug-likeness (QED) is 0.789. The van der Waals surface area contributed by atoms with Gasteiger partial charge in [-0.1, -0.05) is 32.4 Å². The Morgan fingerprint density at radius 2 is 2.15 bits per heavy atom. The molecule has 1 heterocycles. The van der Waals surface area contributed by atoms with Gasteiger partial charge in [0.25, 0.3) is 0 Å². The predicted molar refractivity (Wildman–Crippen MR) is 86.5 cm³/mol. The van der Waals surface area contributed by atoms with Crippen molar-refractivity contribution in [2.75, 3.05) is 18.0 Å². The number of halogens is 1. The topological polar surface area (TPSA) is 28.2 Å². The Morgan fingerprint density at radius 3 is 2.75 bits per heavy atom. The van der Waals surface area contributed by atoms with Crippen LogP contribution in [0.3, 0.4) is 0 Å². The zero-order valence-electron chi connectivity index (χ0n) is 12.8. The van der Waals surface area contributed by atoms with Crippen molar-refractivity contribution < 1.29 is 0 Å². The van der Waals surface area contributed by atoms with Crippen LogP contribution in [-0.2, 0) is 6.54 Å². The second kappa shape index (κ2) is 7.28. The highest BCUT2D eigenvalue weighted by Crippen LogP contribution is 2.31. The smallest absolute Gasteiger partial charge is 0.129 e. The molecule has 3 nitrogen and oxygen atoms in total. The van der Waals surface area contributed by atoms with Gasteiger partial charge >= 0.3 is 0 Å². The van der Waals surface area contributed by atoms with E-state index < -0.39 is 0 Å². The van der Waals surface area contributed by atoms with E-state index >= 15 is 0 Å². The fraction of sp³-hybridized carbons (Fsp3) is 0.688. The molecule has 1 aliphatic carbocycles. The predicted octanol–water partition coefficient (Wildman–Crippen LogP) is 3.86. The van der Waals surface area contributed by atoms with Crippen molar-refractivity contribution in [3.8, 4) is 0 Å². The van der Waals surface area contributed by atoms with Crippen LogP contribution in [-0.4, -0.2) is 24.1 Å². The lowest BCUT2D eigenvalue weighted by Crippen LogP contribution is -2.28. The van der Waals surface area contributed by atoms with E-state index in [2.05, 4.69) is 37.1 Å². The summed E-state index contributed by atoms with van der Waals surface area (Å²) in [7, 11) is 0. The Hall–Kier alpha value is -0.800. The van der Waals surface area contributed by atoms with E-state index in [0.29, 0.717) is 12.0 Å². The van der Waals surface area contributed by atoms with Crippen LogP contribution in [0.1, 0.15) is 45.7 Å². The first-order valence-electron chi connectivity index (χ1n) is 7.74. The van der Waals surface area contributed by atoms with Gasteiger partial charge in [0.2, 0.25) is 0 Å². The van der Waals surface area contributed by atoms with Crippen LogP contribution in [0.2, 0.25) is 5.02 Å². The molecule has 0 saturated heterocycles. The van der Waals surface area contributed by atoms with Gasteiger partial charge in [0.1, 0.15) is 5.82 Å². The van der Waals surface area contributed by atoms with Crippen molar-refractivity contribution in [3.63, 3.8) is 0 Å². The molecule has 2 rings (SSSR count). The van der Waals surface area contributed by atoms with Crippen LogP contribution >= 0.6 is 11.6 Å². The van der Waals surface area contributed by atoms with Crippen molar-refractivity contribution in [2.45, 2.75) is 52.6 Å². The van der Waals surface area contributed by atoms with E-state index in [9.17, 15) is 0 Å². The van der Waals surface area contributed by atoms with Crippen molar-refractivity contribution in [1.29, 1.82) is 0 Å². The molecule has 1 aromatic heterocycles. The molecular weight excluding hydrogens is 270 g/mol. The summed E-state index contributed by atoms with van der Waals surface area (Å²) in [5, 5.41) is 4.18. The molecule has 4 heteroatoms. The van der Waals surface area contributed by atoms with Crippen LogP contribution in [0.5, 0.6) is 0 Å². The number of rotatable bonds is 8. The highest BCUT2D eigenvalue weighted by atomic mass is 35.5. The number of nitrogens with zero attached hydrogens (tertiary/aromatic N) is 2. The molecule has 0 radical (unpaired) electrons. The Kier molecular flexibility index (Phi) is 5.67. The monoisotopic (exact) mass is 295 g/mol. The van der Waals surface area contributed by atoms with Gasteiger partial charge in [0.15, 0.2) is 0 Å². The zero-order valence-corrected chi connectivity index (χ0v) is 13.6. The van der Waals surface area contributed by atoms with Gasteiger partial charge < -0.3 is 10.2 Å². The molecule has 1 aliphatic rings. The minimum Gasteiger partial charge on any atom is -0.354 e. The van der Waals surface area contributed by atoms with Crippen molar-refractivity contribution in [3.05, 3.63) is 22.8 Å². The third-order valence-electron chi connectivity index (χ3n) is 3.50. The standard InChI is InChI=1S/C16H26ClN3/c1-4-9-20(13-5-6-13)16-8-7-14(17)15(19-16)11-18-10-12(2)3/h7-8,12-13,18H,4-6,9-11H2,1-3H3. The SMILES string of the molecule is CCCN(c1ccc(Cl)c(CNCC(C)C)n1)C1CC1. The van der Waals surface area contributed by atoms with E-state index in [-0.39, 0.29) is 0 Å². The second-order valence-corrected chi connectivity index (χ2v) is 6.45. The van der Waals surface area contributed by atoms with Crippen LogP contribution in [0, 0.1) is 5.92 Å². The lowest BCUT2D eigenvalue weighted by atomic mass is 10.2. The molecule has 1 N–H and O–H groups in total. The largest absolute Gasteiger partial charge is 0.354 e. The molecule has 0 aromatic carbocycles. The lowest BCUT2D eigenvalue weighted by molar-refractivity contribution is 0.548. The number of aromatic nitrogens is 1. The normalized spacial score (nSPS) is 14.8. The maximum absolute atomic E-state index is 6.27. The van der Waals surface area contributed by atoms with Gasteiger partial charge in [0.05, 0.1) is 10.7 Å². The maximum atomic E-state index is 6.27. The van der Waals surface area contributed by atoms with Crippen molar-refractivity contribution >= 4 is 17.4 Å². The first kappa shape index (κ1) is 15.6. The van der Waals surface area contributed by atoms with Crippen LogP contribution in [0.25, 0.3) is 0 Å². The Morgan fingerprint density at radius 1 is 1.40 bits per heavy atom. The van der Waals surface area contributed by atoms with Gasteiger partial charge in [-0.3, -0.25) is 0 Å². The molecule has 1 aromatic rings. The molecule has 0 bridgehead atoms. The molecule has 0 unspecified atom stereocenters. The van der Waals surface area contributed by atoms with E-state index in [1.54, 1.807) is 0 Å². The Labute approximate surface area is 127 Å². The van der Waals surface area contributed by atoms with Crippen LogP contribution in [0.4, 0.5) is 5.82 Å². The van der Waals surface area contributed by atoms with Gasteiger partial charge in [0, 0.05) is 19.1 Å². The fourth-order valence-electron chi connectivity index (χ4n) is 2.35. The van der Waals surface area contributed by atoms with E-state index in [4.69, 9.17) is 16.6 Å². The lowest BCUT2D eigenvalue weighted by Gasteiger charge is -2.23. The first-order chi connectivity index (χ1) is 9.61. The van der Waals surface area contributed by atoms with E-state index in [1.807, 2.05) is 6.07 Å². The minimum atomic E-state index is 0.639. The molecule has 0 amide bonds. The van der Waals surface area contributed by atoms with E-state index in [1.165, 1.54) is 12.8 Å². The van der Waals surface area contributed by atoms with Crippen molar-refractivity contribution in [1.82, 2.24) is 10.3 Å². The van der Waals surface area contributed by atoms with Crippen LogP contribution in [0.15, 0.2) is 12.1 Å². The summed E-state index contributed by atoms with van der Waals surface area (Å²) in [6.07, 6.45) is 3.75. The van der Waals surface area contributed by atoms with Gasteiger partial charge in [-0.25, -0.2) is 4.98 Å². The summed E-state index contributed by atoms with van der Waals surface area (Å²) in [5.74, 6) is 1.72. The molecule has 20 heavy (non-hydrogen) atoms. The number of anilines is 1. The molecule has 1 fully saturated rings. The molecule has 1 saturated carbocycles. The third-order valence-corrected chi connectivity index (χ3v) is 3.84. The number of pyridine rings is 1.